The second-order valence-corrected chi connectivity index (χ2v) is 18.0. The van der Waals surface area contributed by atoms with Gasteiger partial charge >= 0.3 is 112 Å². The Morgan fingerprint density at radius 3 is 2.12 bits per heavy atom. The number of carbonyl (C=O) groups is 1. The van der Waals surface area contributed by atoms with Crippen LogP contribution < -0.4 is 0 Å². The first-order valence-corrected chi connectivity index (χ1v) is 14.7. The van der Waals surface area contributed by atoms with E-state index in [0.717, 1.165) is 4.48 Å². The minimum atomic E-state index is -2.57. The Balaban J connectivity index is 4.23. The molecule has 0 aromatic carbocycles. The number of nitrogens with zero attached hydrogens (tertiary/aromatic N) is 1. The molecule has 3 nitrogen and oxygen atoms in total. The van der Waals surface area contributed by atoms with Crippen molar-refractivity contribution in [3.8, 4) is 0 Å². The van der Waals surface area contributed by atoms with Gasteiger partial charge in [0.25, 0.3) is 0 Å². The Bertz CT molecular complexity index is 238. The first kappa shape index (κ1) is 17.2. The van der Waals surface area contributed by atoms with Gasteiger partial charge in [0.2, 0.25) is 0 Å². The fourth-order valence-corrected chi connectivity index (χ4v) is 11.1. The molecule has 1 unspecified atom stereocenters. The van der Waals surface area contributed by atoms with Crippen molar-refractivity contribution in [3.63, 3.8) is 0 Å². The molecule has 0 saturated heterocycles. The van der Waals surface area contributed by atoms with Gasteiger partial charge in [-0.15, -0.1) is 0 Å². The monoisotopic (exact) mass is 352 g/mol. The number of rotatable bonds is 8. The molecule has 0 aliphatic rings. The summed E-state index contributed by atoms with van der Waals surface area (Å²) in [7, 11) is 6.64. The fourth-order valence-electron chi connectivity index (χ4n) is 2.05. The van der Waals surface area contributed by atoms with Crippen molar-refractivity contribution in [3.05, 3.63) is 0 Å². The van der Waals surface area contributed by atoms with Crippen molar-refractivity contribution >= 4 is 24.8 Å². The van der Waals surface area contributed by atoms with Crippen LogP contribution in [0, 0.1) is 0 Å². The zero-order valence-corrected chi connectivity index (χ0v) is 15.4. The van der Waals surface area contributed by atoms with Crippen molar-refractivity contribution in [2.45, 2.75) is 46.9 Å². The number of hydrogen-bond donors (Lipinski definition) is 0. The second kappa shape index (κ2) is 7.62. The van der Waals surface area contributed by atoms with E-state index in [-0.39, 0.29) is 5.97 Å². The van der Waals surface area contributed by atoms with Crippen molar-refractivity contribution in [2.75, 3.05) is 27.7 Å². The van der Waals surface area contributed by atoms with Crippen LogP contribution in [0.1, 0.15) is 33.1 Å². The van der Waals surface area contributed by atoms with Crippen molar-refractivity contribution < 1.29 is 12.4 Å². The number of quaternary nitrogens is 1. The molecule has 0 heterocycles. The third-order valence-corrected chi connectivity index (χ3v) is 13.3. The molecule has 17 heavy (non-hydrogen) atoms. The van der Waals surface area contributed by atoms with Gasteiger partial charge in [0.15, 0.2) is 0 Å². The molecular formula is C13H30NO2Sn+. The Kier molecular flexibility index (Phi) is 7.72. The van der Waals surface area contributed by atoms with Gasteiger partial charge in [-0.25, -0.2) is 0 Å². The first-order valence-electron chi connectivity index (χ1n) is 6.68. The summed E-state index contributed by atoms with van der Waals surface area (Å²) in [6, 6.07) is 0. The predicted octanol–water partition coefficient (Wildman–Crippen LogP) is 3.02. The molecule has 0 saturated carbocycles. The van der Waals surface area contributed by atoms with E-state index in [1.807, 2.05) is 0 Å². The Morgan fingerprint density at radius 2 is 1.71 bits per heavy atom. The van der Waals surface area contributed by atoms with Crippen molar-refractivity contribution in [1.29, 1.82) is 0 Å². The summed E-state index contributed by atoms with van der Waals surface area (Å²) in [6.45, 7) is 4.92. The predicted molar refractivity (Wildman–Crippen MR) is 75.4 cm³/mol. The van der Waals surface area contributed by atoms with Gasteiger partial charge in [-0.1, -0.05) is 0 Å². The molecule has 0 rings (SSSR count). The fraction of sp³-hybridized carbons (Fsp3) is 0.923. The maximum atomic E-state index is 11.2. The third kappa shape index (κ3) is 9.89. The van der Waals surface area contributed by atoms with Crippen LogP contribution >= 0.6 is 0 Å². The van der Waals surface area contributed by atoms with E-state index in [4.69, 9.17) is 3.07 Å². The van der Waals surface area contributed by atoms with Gasteiger partial charge in [-0.3, -0.25) is 0 Å². The van der Waals surface area contributed by atoms with Crippen molar-refractivity contribution in [2.24, 2.45) is 0 Å². The molecule has 102 valence electrons. The molecular weight excluding hydrogens is 321 g/mol. The summed E-state index contributed by atoms with van der Waals surface area (Å²) in [5, 5.41) is 0. The third-order valence-electron chi connectivity index (χ3n) is 2.98. The second-order valence-electron chi connectivity index (χ2n) is 6.26. The molecule has 0 spiro atoms. The van der Waals surface area contributed by atoms with Crippen LogP contribution in [-0.2, 0) is 7.87 Å². The van der Waals surface area contributed by atoms with E-state index in [1.54, 1.807) is 6.92 Å². The number of hydrogen-bond acceptors (Lipinski definition) is 2. The van der Waals surface area contributed by atoms with Crippen LogP contribution in [-0.4, -0.2) is 56.9 Å². The van der Waals surface area contributed by atoms with Gasteiger partial charge in [0.1, 0.15) is 0 Å². The minimum absolute atomic E-state index is 0.0651. The molecule has 0 aromatic rings. The van der Waals surface area contributed by atoms with Crippen LogP contribution in [0.2, 0.25) is 13.8 Å². The van der Waals surface area contributed by atoms with Gasteiger partial charge in [0, 0.05) is 0 Å². The number of carbonyl (C=O) groups excluding carboxylic acids is 1. The molecule has 0 bridgehead atoms. The molecule has 0 amide bonds. The Labute approximate surface area is 112 Å². The summed E-state index contributed by atoms with van der Waals surface area (Å²) < 4.78 is 9.07. The van der Waals surface area contributed by atoms with Crippen LogP contribution in [0.25, 0.3) is 0 Å². The van der Waals surface area contributed by atoms with Crippen LogP contribution in [0.3, 0.4) is 0 Å². The summed E-state index contributed by atoms with van der Waals surface area (Å²) in [5.74, 6) is -0.0651. The molecule has 0 radical (unpaired) electrons. The van der Waals surface area contributed by atoms with Crippen LogP contribution in [0.15, 0.2) is 0 Å². The van der Waals surface area contributed by atoms with Gasteiger partial charge in [0.05, 0.1) is 0 Å². The van der Waals surface area contributed by atoms with E-state index in [2.05, 4.69) is 33.0 Å². The molecule has 1 atom stereocenters. The van der Waals surface area contributed by atoms with Crippen LogP contribution in [0.5, 0.6) is 0 Å². The SMILES string of the molecule is CCC[CH2][Sn]([CH3])([CH2]CC[N+](C)(C)C)[O]C(C)=O. The average Bonchev–Trinajstić information content (AvgIpc) is 2.11. The quantitative estimate of drug-likeness (QED) is 0.497. The van der Waals surface area contributed by atoms with E-state index in [9.17, 15) is 4.79 Å². The zero-order valence-electron chi connectivity index (χ0n) is 12.5. The normalized spacial score (nSPS) is 15.4. The molecule has 4 heteroatoms. The summed E-state index contributed by atoms with van der Waals surface area (Å²) in [6.07, 6.45) is 3.60. The Hall–Kier alpha value is 0.229. The topological polar surface area (TPSA) is 26.3 Å². The average molecular weight is 351 g/mol. The van der Waals surface area contributed by atoms with Gasteiger partial charge in [-0.05, 0) is 0 Å². The van der Waals surface area contributed by atoms with E-state index in [0.29, 0.717) is 0 Å². The molecule has 0 aliphatic heterocycles. The van der Waals surface area contributed by atoms with Crippen molar-refractivity contribution in [1.82, 2.24) is 0 Å². The molecule has 0 N–H and O–H groups in total. The molecule has 0 aliphatic carbocycles. The summed E-state index contributed by atoms with van der Waals surface area (Å²) in [4.78, 5) is 13.5. The van der Waals surface area contributed by atoms with Crippen LogP contribution in [0.4, 0.5) is 0 Å². The Morgan fingerprint density at radius 1 is 1.18 bits per heavy atom. The van der Waals surface area contributed by atoms with E-state index < -0.39 is 18.8 Å². The summed E-state index contributed by atoms with van der Waals surface area (Å²) >= 11 is -2.57. The van der Waals surface area contributed by atoms with Gasteiger partial charge in [-0.2, -0.15) is 0 Å². The number of unbranched alkanes of at least 4 members (excludes halogenated alkanes) is 1. The van der Waals surface area contributed by atoms with E-state index in [1.165, 1.54) is 34.7 Å². The maximum absolute atomic E-state index is 11.2. The van der Waals surface area contributed by atoms with Gasteiger partial charge < -0.3 is 0 Å². The molecule has 0 aromatic heterocycles. The standard InChI is InChI=1S/C6H15N.C4H9.C2H4O2.CH3.Sn/c1-5-6-7(2,3)4;1-3-4-2;1-2(3)4;;/h1,5-6H2,2-4H3;1,3-4H2,2H3;1H3,(H,3,4);1H3;/q+1;;;;+1/p-1. The molecule has 0 fully saturated rings. The summed E-state index contributed by atoms with van der Waals surface area (Å²) in [5.41, 5.74) is 0. The zero-order chi connectivity index (χ0) is 13.5. The van der Waals surface area contributed by atoms with E-state index >= 15 is 0 Å². The first-order chi connectivity index (χ1) is 7.68.